The van der Waals surface area contributed by atoms with Gasteiger partial charge in [0.25, 0.3) is 0 Å². The van der Waals surface area contributed by atoms with E-state index in [-0.39, 0.29) is 9.18 Å². The van der Waals surface area contributed by atoms with E-state index < -0.39 is 21.0 Å². The summed E-state index contributed by atoms with van der Waals surface area (Å²) in [7, 11) is -3.34. The molecule has 0 atom stereocenters. The lowest BCUT2D eigenvalue weighted by Gasteiger charge is -2.09. The molecule has 0 aliphatic carbocycles. The van der Waals surface area contributed by atoms with Crippen molar-refractivity contribution < 1.29 is 17.5 Å². The minimum atomic E-state index is -3.34. The summed E-state index contributed by atoms with van der Waals surface area (Å²) >= 11 is 0. The average Bonchev–Trinajstić information content (AvgIpc) is 3.16. The molecule has 0 saturated heterocycles. The number of aromatic amines is 1. The lowest BCUT2D eigenvalue weighted by Crippen LogP contribution is -2.13. The highest BCUT2D eigenvalue weighted by molar-refractivity contribution is 7.92. The molecule has 0 aliphatic heterocycles. The molecule has 2 heterocycles. The van der Waals surface area contributed by atoms with Crippen molar-refractivity contribution in [2.75, 3.05) is 0 Å². The van der Waals surface area contributed by atoms with Gasteiger partial charge in [-0.15, -0.1) is 0 Å². The number of H-pyrrole nitrogens is 1. The van der Waals surface area contributed by atoms with Crippen LogP contribution in [0, 0.1) is 0 Å². The van der Waals surface area contributed by atoms with Gasteiger partial charge in [-0.25, -0.2) is 18.4 Å². The smallest absolute Gasteiger partial charge is 0.249 e. The van der Waals surface area contributed by atoms with Gasteiger partial charge in [0.1, 0.15) is 5.52 Å². The SMILES string of the molecule is CC(C)S(=O)(=O)c1ccc(-c2cnc3[nH]cc(-c4ccccc4C(N)=O)c3n2)cc1.[HH].[HH].[HH]. The number of nitrogens with zero attached hydrogens (tertiary/aromatic N) is 2. The van der Waals surface area contributed by atoms with Gasteiger partial charge in [-0.3, -0.25) is 4.79 Å². The van der Waals surface area contributed by atoms with Crippen LogP contribution in [0.1, 0.15) is 28.5 Å². The molecule has 2 aromatic heterocycles. The molecule has 4 aromatic rings. The maximum absolute atomic E-state index is 12.3. The van der Waals surface area contributed by atoms with Crippen molar-refractivity contribution in [3.8, 4) is 22.4 Å². The van der Waals surface area contributed by atoms with Gasteiger partial charge in [0, 0.05) is 27.2 Å². The Morgan fingerprint density at radius 1 is 1.07 bits per heavy atom. The lowest BCUT2D eigenvalue weighted by molar-refractivity contribution is 0.100. The van der Waals surface area contributed by atoms with Gasteiger partial charge >= 0.3 is 0 Å². The first-order valence-corrected chi connectivity index (χ1v) is 10.9. The van der Waals surface area contributed by atoms with Crippen molar-refractivity contribution >= 4 is 26.9 Å². The highest BCUT2D eigenvalue weighted by atomic mass is 32.2. The minimum absolute atomic E-state index is 0. The Hall–Kier alpha value is -3.52. The van der Waals surface area contributed by atoms with Crippen LogP contribution >= 0.6 is 0 Å². The Morgan fingerprint density at radius 2 is 1.77 bits per heavy atom. The summed E-state index contributed by atoms with van der Waals surface area (Å²) in [5.41, 5.74) is 9.80. The van der Waals surface area contributed by atoms with Gasteiger partial charge in [0.15, 0.2) is 15.5 Å². The molecule has 3 N–H and O–H groups in total. The van der Waals surface area contributed by atoms with Crippen LogP contribution in [0.3, 0.4) is 0 Å². The summed E-state index contributed by atoms with van der Waals surface area (Å²) < 4.78 is 24.7. The molecule has 8 heteroatoms. The van der Waals surface area contributed by atoms with Crippen LogP contribution in [-0.4, -0.2) is 34.5 Å². The van der Waals surface area contributed by atoms with E-state index in [1.807, 2.05) is 12.1 Å². The first-order valence-electron chi connectivity index (χ1n) is 9.36. The Morgan fingerprint density at radius 3 is 2.43 bits per heavy atom. The second-order valence-electron chi connectivity index (χ2n) is 7.18. The zero-order chi connectivity index (χ0) is 21.5. The number of carbonyl (C=O) groups excluding carboxylic acids is 1. The van der Waals surface area contributed by atoms with E-state index in [2.05, 4.69) is 9.97 Å². The second kappa shape index (κ2) is 7.38. The molecule has 0 aliphatic rings. The van der Waals surface area contributed by atoms with Crippen LogP contribution in [0.4, 0.5) is 0 Å². The first kappa shape index (κ1) is 19.8. The number of rotatable bonds is 5. The Labute approximate surface area is 178 Å². The number of primary amides is 1. The van der Waals surface area contributed by atoms with E-state index in [1.54, 1.807) is 62.6 Å². The standard InChI is InChI=1S/C22H20N4O3S.3H2/c1-13(2)30(28,29)15-9-7-14(8-10-15)19-12-25-22-20(26-19)18(11-24-22)16-5-3-4-6-17(16)21(23)27;;;/h3-13H,1-2H3,(H2,23,27)(H,24,25);3*1H. The number of sulfone groups is 1. The Balaban J connectivity index is 0.00000181. The second-order valence-corrected chi connectivity index (χ2v) is 9.69. The topological polar surface area (TPSA) is 119 Å². The van der Waals surface area contributed by atoms with Gasteiger partial charge < -0.3 is 10.7 Å². The van der Waals surface area contributed by atoms with E-state index in [0.29, 0.717) is 33.5 Å². The molecule has 0 spiro atoms. The summed E-state index contributed by atoms with van der Waals surface area (Å²) in [4.78, 5) is 24.3. The molecule has 4 rings (SSSR count). The van der Waals surface area contributed by atoms with Gasteiger partial charge in [-0.2, -0.15) is 0 Å². The van der Waals surface area contributed by atoms with E-state index in [1.165, 1.54) is 0 Å². The number of hydrogen-bond acceptors (Lipinski definition) is 5. The zero-order valence-corrected chi connectivity index (χ0v) is 17.3. The number of nitrogens with one attached hydrogen (secondary N) is 1. The summed E-state index contributed by atoms with van der Waals surface area (Å²) in [6.07, 6.45) is 3.36. The number of hydrogen-bond donors (Lipinski definition) is 2. The third-order valence-electron chi connectivity index (χ3n) is 4.96. The first-order chi connectivity index (χ1) is 14.3. The van der Waals surface area contributed by atoms with Crippen LogP contribution in [0.15, 0.2) is 65.8 Å². The average molecular weight is 427 g/mol. The summed E-state index contributed by atoms with van der Waals surface area (Å²) in [6.45, 7) is 3.31. The van der Waals surface area contributed by atoms with Crippen molar-refractivity contribution in [3.63, 3.8) is 0 Å². The Bertz CT molecular complexity index is 1370. The highest BCUT2D eigenvalue weighted by Gasteiger charge is 2.19. The number of benzene rings is 2. The third-order valence-corrected chi connectivity index (χ3v) is 7.13. The summed E-state index contributed by atoms with van der Waals surface area (Å²) in [6, 6.07) is 13.6. The summed E-state index contributed by atoms with van der Waals surface area (Å²) in [5, 5.41) is -0.493. The van der Waals surface area contributed by atoms with Gasteiger partial charge in [-0.05, 0) is 37.6 Å². The van der Waals surface area contributed by atoms with Crippen LogP contribution in [-0.2, 0) is 9.84 Å². The quantitative estimate of drug-likeness (QED) is 0.493. The predicted octanol–water partition coefficient (Wildman–Crippen LogP) is 4.31. The van der Waals surface area contributed by atoms with Crippen LogP contribution < -0.4 is 5.73 Å². The van der Waals surface area contributed by atoms with E-state index >= 15 is 0 Å². The largest absolute Gasteiger partial charge is 0.366 e. The van der Waals surface area contributed by atoms with Gasteiger partial charge in [-0.1, -0.05) is 30.3 Å². The monoisotopic (exact) mass is 426 g/mol. The molecule has 0 fully saturated rings. The molecule has 0 saturated carbocycles. The Kier molecular flexibility index (Phi) is 4.87. The molecule has 0 radical (unpaired) electrons. The summed E-state index contributed by atoms with van der Waals surface area (Å²) in [5.74, 6) is -0.522. The van der Waals surface area contributed by atoms with Crippen LogP contribution in [0.5, 0.6) is 0 Å². The predicted molar refractivity (Wildman–Crippen MR) is 122 cm³/mol. The number of nitrogens with two attached hydrogens (primary N) is 1. The van der Waals surface area contributed by atoms with Crippen molar-refractivity contribution in [3.05, 3.63) is 66.5 Å². The fourth-order valence-corrected chi connectivity index (χ4v) is 4.32. The van der Waals surface area contributed by atoms with Gasteiger partial charge in [0.2, 0.25) is 5.91 Å². The lowest BCUT2D eigenvalue weighted by atomic mass is 10.0. The maximum Gasteiger partial charge on any atom is 0.249 e. The molecular formula is C22H26N4O3S. The molecular weight excluding hydrogens is 400 g/mol. The molecule has 2 aromatic carbocycles. The van der Waals surface area contributed by atoms with E-state index in [9.17, 15) is 13.2 Å². The molecule has 158 valence electrons. The van der Waals surface area contributed by atoms with Crippen molar-refractivity contribution in [2.24, 2.45) is 5.73 Å². The number of fused-ring (bicyclic) bond motifs is 1. The fraction of sp³-hybridized carbons (Fsp3) is 0.136. The normalized spacial score (nSPS) is 11.8. The zero-order valence-electron chi connectivity index (χ0n) is 16.5. The molecule has 1 amide bonds. The fourth-order valence-electron chi connectivity index (χ4n) is 3.26. The van der Waals surface area contributed by atoms with Crippen LogP contribution in [0.25, 0.3) is 33.5 Å². The molecule has 0 unspecified atom stereocenters. The van der Waals surface area contributed by atoms with Crippen molar-refractivity contribution in [1.82, 2.24) is 15.0 Å². The number of aromatic nitrogens is 3. The molecule has 7 nitrogen and oxygen atoms in total. The third kappa shape index (κ3) is 3.35. The molecule has 30 heavy (non-hydrogen) atoms. The maximum atomic E-state index is 12.3. The number of carbonyl (C=O) groups is 1. The van der Waals surface area contributed by atoms with Crippen LogP contribution in [0.2, 0.25) is 0 Å². The molecule has 0 bridgehead atoms. The van der Waals surface area contributed by atoms with Gasteiger partial charge in [0.05, 0.1) is 22.0 Å². The number of amides is 1. The van der Waals surface area contributed by atoms with Crippen molar-refractivity contribution in [2.45, 2.75) is 24.0 Å². The van der Waals surface area contributed by atoms with E-state index in [0.717, 1.165) is 5.56 Å². The van der Waals surface area contributed by atoms with E-state index in [4.69, 9.17) is 10.7 Å². The minimum Gasteiger partial charge on any atom is -0.366 e. The van der Waals surface area contributed by atoms with Crippen molar-refractivity contribution in [1.29, 1.82) is 0 Å². The highest BCUT2D eigenvalue weighted by Crippen LogP contribution is 2.31.